The smallest absolute Gasteiger partial charge is 0.245 e. The van der Waals surface area contributed by atoms with Crippen LogP contribution in [0.4, 0.5) is 0 Å². The number of ether oxygens (including phenoxy) is 2. The van der Waals surface area contributed by atoms with E-state index in [0.29, 0.717) is 19.4 Å². The lowest BCUT2D eigenvalue weighted by Crippen LogP contribution is -2.59. The van der Waals surface area contributed by atoms with Gasteiger partial charge in [-0.05, 0) is 56.0 Å². The fraction of sp³-hybridized carbons (Fsp3) is 0.675. The van der Waals surface area contributed by atoms with Gasteiger partial charge in [-0.1, -0.05) is 71.4 Å². The number of carbonyl (C=O) groups is 4. The van der Waals surface area contributed by atoms with E-state index in [2.05, 4.69) is 34.8 Å². The Labute approximate surface area is 320 Å². The fourth-order valence-electron chi connectivity index (χ4n) is 7.96. The minimum Gasteiger partial charge on any atom is -0.379 e. The number of likely N-dealkylation sites (N-methyl/N-ethyl adjacent to an activating group) is 1. The molecule has 53 heavy (non-hydrogen) atoms. The molecule has 9 atom stereocenters. The van der Waals surface area contributed by atoms with Gasteiger partial charge in [0.2, 0.25) is 23.6 Å². The Morgan fingerprint density at radius 1 is 1.04 bits per heavy atom. The third kappa shape index (κ3) is 10.9. The molecule has 4 rings (SSSR count). The first-order valence-electron chi connectivity index (χ1n) is 19.3. The molecule has 3 heterocycles. The van der Waals surface area contributed by atoms with E-state index in [-0.39, 0.29) is 60.0 Å². The van der Waals surface area contributed by atoms with Crippen LogP contribution in [-0.4, -0.2) is 109 Å². The van der Waals surface area contributed by atoms with Crippen molar-refractivity contribution in [1.29, 1.82) is 0 Å². The number of carbonyl (C=O) groups excluding carboxylic acids is 4. The first-order valence-corrected chi connectivity index (χ1v) is 20.2. The molecule has 294 valence electrons. The van der Waals surface area contributed by atoms with Gasteiger partial charge in [0.25, 0.3) is 0 Å². The molecule has 0 spiro atoms. The number of thiazole rings is 1. The maximum atomic E-state index is 14.2. The van der Waals surface area contributed by atoms with Crippen molar-refractivity contribution in [3.05, 3.63) is 52.5 Å². The number of hydrogen-bond acceptors (Lipinski definition) is 9. The molecule has 0 radical (unpaired) electrons. The molecule has 0 bridgehead atoms. The van der Waals surface area contributed by atoms with Gasteiger partial charge >= 0.3 is 0 Å². The predicted octanol–water partition coefficient (Wildman–Crippen LogP) is 4.36. The molecule has 2 aliphatic heterocycles. The highest BCUT2D eigenvalue weighted by Gasteiger charge is 2.43. The van der Waals surface area contributed by atoms with Gasteiger partial charge < -0.3 is 35.2 Å². The highest BCUT2D eigenvalue weighted by molar-refractivity contribution is 7.09. The highest BCUT2D eigenvalue weighted by atomic mass is 32.1. The van der Waals surface area contributed by atoms with Crippen LogP contribution in [0.5, 0.6) is 0 Å². The molecule has 1 aromatic heterocycles. The molecule has 9 unspecified atom stereocenters. The zero-order chi connectivity index (χ0) is 38.7. The van der Waals surface area contributed by atoms with E-state index in [4.69, 9.17) is 9.47 Å². The van der Waals surface area contributed by atoms with Gasteiger partial charge in [-0.2, -0.15) is 0 Å². The van der Waals surface area contributed by atoms with E-state index in [1.807, 2.05) is 61.4 Å². The van der Waals surface area contributed by atoms with E-state index in [9.17, 15) is 19.2 Å². The molecule has 2 aliphatic rings. The van der Waals surface area contributed by atoms with Gasteiger partial charge in [0.1, 0.15) is 11.0 Å². The summed E-state index contributed by atoms with van der Waals surface area (Å²) >= 11 is 1.51. The Bertz CT molecular complexity index is 1450. The van der Waals surface area contributed by atoms with Crippen molar-refractivity contribution in [2.45, 2.75) is 122 Å². The summed E-state index contributed by atoms with van der Waals surface area (Å²) in [5, 5.41) is 12.2. The topological polar surface area (TPSA) is 142 Å². The molecule has 1 aromatic carbocycles. The van der Waals surface area contributed by atoms with Crippen molar-refractivity contribution in [3.8, 4) is 0 Å². The molecule has 2 fully saturated rings. The SMILES string of the molecule is CCC(C)C(C(CC(=O)N1CCCC1C(OC)C(C)C(=O)NC(Cc1ccccc1)c1nccs1)OC)N(C)C(=O)C(NC(=O)C1CCCN1)C(C)C. The summed E-state index contributed by atoms with van der Waals surface area (Å²) in [6.07, 6.45) is 5.22. The Hall–Kier alpha value is -3.39. The summed E-state index contributed by atoms with van der Waals surface area (Å²) in [7, 11) is 4.93. The molecular weight excluding hydrogens is 693 g/mol. The lowest BCUT2D eigenvalue weighted by molar-refractivity contribution is -0.147. The zero-order valence-corrected chi connectivity index (χ0v) is 33.7. The van der Waals surface area contributed by atoms with Crippen molar-refractivity contribution < 1.29 is 28.7 Å². The van der Waals surface area contributed by atoms with Crippen LogP contribution in [0.2, 0.25) is 0 Å². The summed E-state index contributed by atoms with van der Waals surface area (Å²) in [5.74, 6) is -1.30. The normalized spacial score (nSPS) is 21.3. The third-order valence-corrected chi connectivity index (χ3v) is 12.1. The van der Waals surface area contributed by atoms with Crippen molar-refractivity contribution in [2.24, 2.45) is 17.8 Å². The maximum Gasteiger partial charge on any atom is 0.245 e. The number of aromatic nitrogens is 1. The van der Waals surface area contributed by atoms with Crippen LogP contribution >= 0.6 is 11.3 Å². The molecular formula is C40H62N6O6S. The number of rotatable bonds is 19. The van der Waals surface area contributed by atoms with Gasteiger partial charge in [-0.25, -0.2) is 4.98 Å². The van der Waals surface area contributed by atoms with E-state index in [1.165, 1.54) is 11.3 Å². The minimum absolute atomic E-state index is 0.00759. The number of hydrogen-bond donors (Lipinski definition) is 3. The second-order valence-corrected chi connectivity index (χ2v) is 16.0. The van der Waals surface area contributed by atoms with Crippen LogP contribution in [0.3, 0.4) is 0 Å². The molecule has 13 heteroatoms. The van der Waals surface area contributed by atoms with Gasteiger partial charge in [-0.15, -0.1) is 11.3 Å². The number of nitrogens with one attached hydrogen (secondary N) is 3. The lowest BCUT2D eigenvalue weighted by atomic mass is 9.89. The van der Waals surface area contributed by atoms with Crippen LogP contribution in [-0.2, 0) is 35.1 Å². The molecule has 2 aromatic rings. The first kappa shape index (κ1) is 42.4. The Kier molecular flexibility index (Phi) is 16.3. The minimum atomic E-state index is -0.712. The van der Waals surface area contributed by atoms with Gasteiger partial charge in [0.15, 0.2) is 0 Å². The molecule has 2 saturated heterocycles. The van der Waals surface area contributed by atoms with E-state index >= 15 is 0 Å². The second kappa shape index (κ2) is 20.3. The van der Waals surface area contributed by atoms with Crippen molar-refractivity contribution >= 4 is 35.0 Å². The van der Waals surface area contributed by atoms with Gasteiger partial charge in [0.05, 0.1) is 48.7 Å². The number of amides is 4. The summed E-state index contributed by atoms with van der Waals surface area (Å²) < 4.78 is 12.1. The van der Waals surface area contributed by atoms with E-state index < -0.39 is 30.2 Å². The fourth-order valence-corrected chi connectivity index (χ4v) is 8.65. The first-order chi connectivity index (χ1) is 25.4. The van der Waals surface area contributed by atoms with Crippen LogP contribution in [0.1, 0.15) is 89.8 Å². The van der Waals surface area contributed by atoms with Crippen molar-refractivity contribution in [3.63, 3.8) is 0 Å². The number of nitrogens with zero attached hydrogens (tertiary/aromatic N) is 3. The molecule has 12 nitrogen and oxygen atoms in total. The molecule has 4 amide bonds. The standard InChI is InChI=1S/C40H62N6O6S/c1-9-26(4)35(45(6)40(50)34(25(2)3)44-38(49)29-17-13-19-41-29)32(51-7)24-33(47)46-21-14-18-31(46)36(52-8)27(5)37(48)43-30(39-42-20-22-53-39)23-28-15-11-10-12-16-28/h10-12,15-16,20,22,25-27,29-32,34-36,41H,9,13-14,17-19,21,23-24H2,1-8H3,(H,43,48)(H,44,49). The number of likely N-dealkylation sites (tertiary alicyclic amines) is 1. The Morgan fingerprint density at radius 2 is 1.77 bits per heavy atom. The van der Waals surface area contributed by atoms with Crippen LogP contribution in [0, 0.1) is 17.8 Å². The quantitative estimate of drug-likeness (QED) is 0.192. The number of methoxy groups -OCH3 is 2. The van der Waals surface area contributed by atoms with Gasteiger partial charge in [-0.3, -0.25) is 19.2 Å². The van der Waals surface area contributed by atoms with Crippen LogP contribution in [0.15, 0.2) is 41.9 Å². The van der Waals surface area contributed by atoms with E-state index in [0.717, 1.165) is 42.8 Å². The van der Waals surface area contributed by atoms with Crippen LogP contribution < -0.4 is 16.0 Å². The Balaban J connectivity index is 1.47. The van der Waals surface area contributed by atoms with Crippen molar-refractivity contribution in [2.75, 3.05) is 34.4 Å². The van der Waals surface area contributed by atoms with Crippen LogP contribution in [0.25, 0.3) is 0 Å². The summed E-state index contributed by atoms with van der Waals surface area (Å²) in [4.78, 5) is 63.3. The highest BCUT2D eigenvalue weighted by Crippen LogP contribution is 2.30. The van der Waals surface area contributed by atoms with Gasteiger partial charge in [0, 0.05) is 39.4 Å². The lowest BCUT2D eigenvalue weighted by Gasteiger charge is -2.41. The zero-order valence-electron chi connectivity index (χ0n) is 32.9. The Morgan fingerprint density at radius 3 is 2.36 bits per heavy atom. The average Bonchev–Trinajstić information content (AvgIpc) is 3.97. The molecule has 0 aliphatic carbocycles. The summed E-state index contributed by atoms with van der Waals surface area (Å²) in [6.45, 7) is 11.2. The molecule has 0 saturated carbocycles. The second-order valence-electron chi connectivity index (χ2n) is 15.1. The van der Waals surface area contributed by atoms with E-state index in [1.54, 1.807) is 32.4 Å². The largest absolute Gasteiger partial charge is 0.379 e. The molecule has 3 N–H and O–H groups in total. The predicted molar refractivity (Wildman–Crippen MR) is 207 cm³/mol. The average molecular weight is 755 g/mol. The van der Waals surface area contributed by atoms with Crippen molar-refractivity contribution in [1.82, 2.24) is 30.7 Å². The maximum absolute atomic E-state index is 14.2. The third-order valence-electron chi connectivity index (χ3n) is 11.2. The monoisotopic (exact) mass is 754 g/mol. The summed E-state index contributed by atoms with van der Waals surface area (Å²) in [5.41, 5.74) is 1.10. The number of benzene rings is 1. The summed E-state index contributed by atoms with van der Waals surface area (Å²) in [6, 6.07) is 8.00.